The summed E-state index contributed by atoms with van der Waals surface area (Å²) in [5.41, 5.74) is 3.48. The molecule has 1 saturated carbocycles. The number of carbonyl (C=O) groups excluding carboxylic acids is 3. The fraction of sp³-hybridized carbons (Fsp3) is 0.571. The van der Waals surface area contributed by atoms with Crippen molar-refractivity contribution in [3.63, 3.8) is 0 Å². The highest BCUT2D eigenvalue weighted by Gasteiger charge is 2.39. The average molecular weight is 468 g/mol. The van der Waals surface area contributed by atoms with Crippen molar-refractivity contribution in [3.05, 3.63) is 34.3 Å². The Hall–Kier alpha value is -2.09. The Bertz CT molecular complexity index is 723. The summed E-state index contributed by atoms with van der Waals surface area (Å²) >= 11 is 3.41. The second-order valence-corrected chi connectivity index (χ2v) is 8.60. The van der Waals surface area contributed by atoms with Gasteiger partial charge in [-0.25, -0.2) is 15.2 Å². The van der Waals surface area contributed by atoms with Crippen molar-refractivity contribution in [3.8, 4) is 0 Å². The van der Waals surface area contributed by atoms with Gasteiger partial charge in [0.25, 0.3) is 0 Å². The van der Waals surface area contributed by atoms with Gasteiger partial charge in [0.2, 0.25) is 11.8 Å². The van der Waals surface area contributed by atoms with Crippen LogP contribution in [0.4, 0.5) is 4.79 Å². The SMILES string of the molecule is COC(=O)NN(C(=O)C1CCCCC1C(=O)N[C@@H](C)c1ccc(Br)cc1)C(C)C. The van der Waals surface area contributed by atoms with Crippen LogP contribution >= 0.6 is 15.9 Å². The quantitative estimate of drug-likeness (QED) is 0.641. The Morgan fingerprint density at radius 3 is 2.21 bits per heavy atom. The Labute approximate surface area is 180 Å². The van der Waals surface area contributed by atoms with Crippen molar-refractivity contribution in [1.29, 1.82) is 0 Å². The zero-order chi connectivity index (χ0) is 21.6. The molecular weight excluding hydrogens is 438 g/mol. The molecule has 8 heteroatoms. The number of hydrazine groups is 1. The highest BCUT2D eigenvalue weighted by molar-refractivity contribution is 9.10. The van der Waals surface area contributed by atoms with Gasteiger partial charge in [-0.15, -0.1) is 0 Å². The summed E-state index contributed by atoms with van der Waals surface area (Å²) in [6, 6.07) is 7.36. The molecule has 2 N–H and O–H groups in total. The highest BCUT2D eigenvalue weighted by atomic mass is 79.9. The molecule has 1 fully saturated rings. The van der Waals surface area contributed by atoms with E-state index in [1.54, 1.807) is 13.8 Å². The maximum Gasteiger partial charge on any atom is 0.425 e. The number of benzene rings is 1. The van der Waals surface area contributed by atoms with Gasteiger partial charge in [0, 0.05) is 16.4 Å². The van der Waals surface area contributed by atoms with Gasteiger partial charge in [-0.1, -0.05) is 40.9 Å². The third-order valence-electron chi connectivity index (χ3n) is 5.30. The normalized spacial score (nSPS) is 19.9. The monoisotopic (exact) mass is 467 g/mol. The molecule has 0 radical (unpaired) electrons. The topological polar surface area (TPSA) is 87.7 Å². The van der Waals surface area contributed by atoms with Crippen molar-refractivity contribution in [1.82, 2.24) is 15.8 Å². The van der Waals surface area contributed by atoms with Crippen molar-refractivity contribution >= 4 is 33.8 Å². The number of nitrogens with one attached hydrogen (secondary N) is 2. The summed E-state index contributed by atoms with van der Waals surface area (Å²) < 4.78 is 5.60. The minimum Gasteiger partial charge on any atom is -0.452 e. The summed E-state index contributed by atoms with van der Waals surface area (Å²) in [6.07, 6.45) is 2.36. The Kier molecular flexibility index (Phi) is 8.49. The van der Waals surface area contributed by atoms with Crippen molar-refractivity contribution in [2.45, 2.75) is 58.5 Å². The maximum absolute atomic E-state index is 13.2. The number of hydrogen-bond donors (Lipinski definition) is 2. The minimum absolute atomic E-state index is 0.125. The molecule has 3 atom stereocenters. The zero-order valence-electron chi connectivity index (χ0n) is 17.4. The second kappa shape index (κ2) is 10.6. The summed E-state index contributed by atoms with van der Waals surface area (Å²) in [6.45, 7) is 5.54. The Morgan fingerprint density at radius 2 is 1.66 bits per heavy atom. The van der Waals surface area contributed by atoms with Crippen LogP contribution in [0.5, 0.6) is 0 Å². The number of nitrogens with zero attached hydrogens (tertiary/aromatic N) is 1. The molecule has 0 heterocycles. The molecule has 1 aliphatic carbocycles. The molecule has 1 aliphatic rings. The van der Waals surface area contributed by atoms with E-state index in [1.807, 2.05) is 31.2 Å². The number of amides is 3. The third-order valence-corrected chi connectivity index (χ3v) is 5.83. The predicted octanol–water partition coefficient (Wildman–Crippen LogP) is 3.94. The Morgan fingerprint density at radius 1 is 1.07 bits per heavy atom. The van der Waals surface area contributed by atoms with E-state index in [2.05, 4.69) is 31.4 Å². The molecule has 29 heavy (non-hydrogen) atoms. The highest BCUT2D eigenvalue weighted by Crippen LogP contribution is 2.32. The standard InChI is InChI=1S/C21H30BrN3O4/c1-13(2)25(24-21(28)29-4)20(27)18-8-6-5-7-17(18)19(26)23-14(3)15-9-11-16(22)12-10-15/h9-14,17-18H,5-8H2,1-4H3,(H,23,26)(H,24,28)/t14-,17?,18?/m0/s1. The number of hydrogen-bond acceptors (Lipinski definition) is 4. The van der Waals surface area contributed by atoms with E-state index in [4.69, 9.17) is 0 Å². The summed E-state index contributed by atoms with van der Waals surface area (Å²) in [7, 11) is 1.25. The molecule has 3 amide bonds. The average Bonchev–Trinajstić information content (AvgIpc) is 2.71. The zero-order valence-corrected chi connectivity index (χ0v) is 19.0. The lowest BCUT2D eigenvalue weighted by molar-refractivity contribution is -0.147. The third kappa shape index (κ3) is 6.19. The summed E-state index contributed by atoms with van der Waals surface area (Å²) in [5, 5.41) is 4.33. The number of carbonyl (C=O) groups is 3. The molecular formula is C21H30BrN3O4. The van der Waals surface area contributed by atoms with Gasteiger partial charge in [0.1, 0.15) is 0 Å². The molecule has 0 spiro atoms. The molecule has 0 aromatic heterocycles. The lowest BCUT2D eigenvalue weighted by atomic mass is 9.77. The van der Waals surface area contributed by atoms with Gasteiger partial charge in [0.15, 0.2) is 0 Å². The van der Waals surface area contributed by atoms with Crippen LogP contribution in [0.3, 0.4) is 0 Å². The van der Waals surface area contributed by atoms with E-state index in [0.29, 0.717) is 12.8 Å². The Balaban J connectivity index is 2.12. The molecule has 0 aliphatic heterocycles. The molecule has 160 valence electrons. The molecule has 2 rings (SSSR count). The van der Waals surface area contributed by atoms with E-state index in [-0.39, 0.29) is 23.9 Å². The van der Waals surface area contributed by atoms with Gasteiger partial charge in [0.05, 0.1) is 19.1 Å². The van der Waals surface area contributed by atoms with E-state index in [0.717, 1.165) is 22.9 Å². The van der Waals surface area contributed by atoms with E-state index in [9.17, 15) is 14.4 Å². The van der Waals surface area contributed by atoms with Crippen LogP contribution in [0.2, 0.25) is 0 Å². The first kappa shape index (κ1) is 23.2. The van der Waals surface area contributed by atoms with Crippen LogP contribution in [-0.4, -0.2) is 36.1 Å². The van der Waals surface area contributed by atoms with Gasteiger partial charge in [-0.05, 0) is 51.3 Å². The lowest BCUT2D eigenvalue weighted by Gasteiger charge is -2.35. The van der Waals surface area contributed by atoms with Gasteiger partial charge in [-0.2, -0.15) is 0 Å². The summed E-state index contributed by atoms with van der Waals surface area (Å²) in [5.74, 6) is -1.27. The van der Waals surface area contributed by atoms with Crippen LogP contribution in [0, 0.1) is 11.8 Å². The minimum atomic E-state index is -0.701. The first-order valence-electron chi connectivity index (χ1n) is 9.98. The van der Waals surface area contributed by atoms with Crippen LogP contribution in [0.25, 0.3) is 0 Å². The smallest absolute Gasteiger partial charge is 0.425 e. The van der Waals surface area contributed by atoms with Gasteiger partial charge in [-0.3, -0.25) is 9.59 Å². The van der Waals surface area contributed by atoms with Crippen LogP contribution in [-0.2, 0) is 14.3 Å². The van der Waals surface area contributed by atoms with E-state index < -0.39 is 17.9 Å². The maximum atomic E-state index is 13.2. The molecule has 1 aromatic rings. The molecule has 2 unspecified atom stereocenters. The molecule has 0 bridgehead atoms. The number of rotatable bonds is 5. The van der Waals surface area contributed by atoms with Crippen molar-refractivity contribution in [2.75, 3.05) is 7.11 Å². The lowest BCUT2D eigenvalue weighted by Crippen LogP contribution is -2.54. The van der Waals surface area contributed by atoms with Crippen LogP contribution in [0.1, 0.15) is 58.1 Å². The van der Waals surface area contributed by atoms with Crippen LogP contribution < -0.4 is 10.7 Å². The second-order valence-electron chi connectivity index (χ2n) is 7.68. The van der Waals surface area contributed by atoms with Crippen LogP contribution in [0.15, 0.2) is 28.7 Å². The van der Waals surface area contributed by atoms with E-state index in [1.165, 1.54) is 12.1 Å². The first-order chi connectivity index (χ1) is 13.7. The number of ether oxygens (including phenoxy) is 1. The first-order valence-corrected chi connectivity index (χ1v) is 10.8. The number of halogens is 1. The molecule has 1 aromatic carbocycles. The summed E-state index contributed by atoms with van der Waals surface area (Å²) in [4.78, 5) is 37.8. The fourth-order valence-corrected chi connectivity index (χ4v) is 3.92. The fourth-order valence-electron chi connectivity index (χ4n) is 3.66. The molecule has 0 saturated heterocycles. The van der Waals surface area contributed by atoms with Gasteiger partial charge < -0.3 is 10.1 Å². The van der Waals surface area contributed by atoms with E-state index >= 15 is 0 Å². The largest absolute Gasteiger partial charge is 0.452 e. The number of methoxy groups -OCH3 is 1. The molecule has 7 nitrogen and oxygen atoms in total. The van der Waals surface area contributed by atoms with Crippen molar-refractivity contribution < 1.29 is 19.1 Å². The van der Waals surface area contributed by atoms with Gasteiger partial charge >= 0.3 is 6.09 Å². The van der Waals surface area contributed by atoms with Crippen molar-refractivity contribution in [2.24, 2.45) is 11.8 Å². The predicted molar refractivity (Wildman–Crippen MR) is 114 cm³/mol.